The van der Waals surface area contributed by atoms with E-state index in [4.69, 9.17) is 5.26 Å². The van der Waals surface area contributed by atoms with E-state index >= 15 is 0 Å². The third-order valence-corrected chi connectivity index (χ3v) is 2.36. The van der Waals surface area contributed by atoms with E-state index in [0.29, 0.717) is 0 Å². The third-order valence-electron chi connectivity index (χ3n) is 2.36. The van der Waals surface area contributed by atoms with Gasteiger partial charge in [0.1, 0.15) is 11.9 Å². The Morgan fingerprint density at radius 3 is 2.69 bits per heavy atom. The topological polar surface area (TPSA) is 61.2 Å². The van der Waals surface area contributed by atoms with E-state index < -0.39 is 11.7 Å². The van der Waals surface area contributed by atoms with Gasteiger partial charge in [0.15, 0.2) is 5.78 Å². The molecule has 0 N–H and O–H groups in total. The first-order valence-electron chi connectivity index (χ1n) is 4.64. The van der Waals surface area contributed by atoms with Gasteiger partial charge < -0.3 is 4.90 Å². The van der Waals surface area contributed by atoms with Crippen molar-refractivity contribution in [3.05, 3.63) is 29.6 Å². The summed E-state index contributed by atoms with van der Waals surface area (Å²) in [6.45, 7) is -0.158. The Morgan fingerprint density at radius 2 is 2.12 bits per heavy atom. The number of benzene rings is 1. The Morgan fingerprint density at radius 1 is 1.38 bits per heavy atom. The molecule has 0 aliphatic carbocycles. The molecule has 0 spiro atoms. The van der Waals surface area contributed by atoms with Crippen LogP contribution in [0.3, 0.4) is 0 Å². The lowest BCUT2D eigenvalue weighted by molar-refractivity contribution is -0.121. The minimum atomic E-state index is -0.665. The van der Waals surface area contributed by atoms with Gasteiger partial charge in [-0.15, -0.1) is 0 Å². The van der Waals surface area contributed by atoms with Crippen LogP contribution >= 0.6 is 0 Å². The number of nitriles is 1. The molecule has 1 saturated heterocycles. The Labute approximate surface area is 90.9 Å². The lowest BCUT2D eigenvalue weighted by Gasteiger charge is -2.16. The first-order valence-corrected chi connectivity index (χ1v) is 4.64. The number of carbonyl (C=O) groups excluding carboxylic acids is 2. The molecular weight excluding hydrogens is 211 g/mol. The van der Waals surface area contributed by atoms with E-state index in [-0.39, 0.29) is 30.0 Å². The molecule has 1 aliphatic heterocycles. The Balaban J connectivity index is 2.52. The molecule has 0 bridgehead atoms. The van der Waals surface area contributed by atoms with Crippen LogP contribution in [0.2, 0.25) is 0 Å². The molecule has 1 aliphatic rings. The van der Waals surface area contributed by atoms with Crippen LogP contribution in [0.4, 0.5) is 10.1 Å². The molecule has 0 aromatic heterocycles. The van der Waals surface area contributed by atoms with E-state index in [1.54, 1.807) is 6.07 Å². The van der Waals surface area contributed by atoms with Crippen LogP contribution in [0.25, 0.3) is 0 Å². The van der Waals surface area contributed by atoms with Crippen molar-refractivity contribution in [1.29, 1.82) is 5.26 Å². The molecule has 0 radical (unpaired) electrons. The van der Waals surface area contributed by atoms with E-state index in [1.807, 2.05) is 0 Å². The molecule has 1 aromatic rings. The number of hydrogen-bond acceptors (Lipinski definition) is 3. The predicted molar refractivity (Wildman–Crippen MR) is 53.1 cm³/mol. The zero-order chi connectivity index (χ0) is 11.7. The molecule has 80 valence electrons. The van der Waals surface area contributed by atoms with Gasteiger partial charge in [0, 0.05) is 0 Å². The second-order valence-corrected chi connectivity index (χ2v) is 3.44. The van der Waals surface area contributed by atoms with E-state index in [0.717, 1.165) is 11.0 Å². The highest BCUT2D eigenvalue weighted by molar-refractivity contribution is 6.15. The van der Waals surface area contributed by atoms with Crippen LogP contribution in [-0.4, -0.2) is 18.2 Å². The van der Waals surface area contributed by atoms with E-state index in [9.17, 15) is 14.0 Å². The molecule has 1 heterocycles. The Hall–Kier alpha value is -2.22. The lowest BCUT2D eigenvalue weighted by atomic mass is 10.1. The molecule has 0 saturated carbocycles. The second-order valence-electron chi connectivity index (χ2n) is 3.44. The summed E-state index contributed by atoms with van der Waals surface area (Å²) in [5.41, 5.74) is -0.0381. The number of ketones is 1. The van der Waals surface area contributed by atoms with E-state index in [1.165, 1.54) is 12.1 Å². The van der Waals surface area contributed by atoms with Gasteiger partial charge in [-0.3, -0.25) is 9.59 Å². The van der Waals surface area contributed by atoms with Crippen molar-refractivity contribution in [3.8, 4) is 6.07 Å². The number of amides is 1. The maximum absolute atomic E-state index is 13.5. The van der Waals surface area contributed by atoms with Crippen LogP contribution in [-0.2, 0) is 9.59 Å². The monoisotopic (exact) mass is 218 g/mol. The van der Waals surface area contributed by atoms with Gasteiger partial charge in [-0.05, 0) is 12.1 Å². The maximum Gasteiger partial charge on any atom is 0.235 e. The number of nitrogens with zero attached hydrogens (tertiary/aromatic N) is 2. The number of anilines is 1. The van der Waals surface area contributed by atoms with Crippen molar-refractivity contribution in [2.75, 3.05) is 11.4 Å². The van der Waals surface area contributed by atoms with Crippen molar-refractivity contribution in [3.63, 3.8) is 0 Å². The minimum Gasteiger partial charge on any atom is -0.301 e. The molecular formula is C11H7FN2O2. The van der Waals surface area contributed by atoms with Gasteiger partial charge in [-0.25, -0.2) is 4.39 Å². The van der Waals surface area contributed by atoms with Gasteiger partial charge in [0.2, 0.25) is 5.91 Å². The van der Waals surface area contributed by atoms with Gasteiger partial charge in [0.05, 0.1) is 24.2 Å². The molecule has 1 fully saturated rings. The fourth-order valence-electron chi connectivity index (χ4n) is 1.67. The lowest BCUT2D eigenvalue weighted by Crippen LogP contribution is -2.26. The number of Topliss-reactive ketones (excluding diaryl/α,β-unsaturated/α-hetero) is 1. The number of para-hydroxylation sites is 1. The number of rotatable bonds is 1. The smallest absolute Gasteiger partial charge is 0.235 e. The average molecular weight is 218 g/mol. The first kappa shape index (κ1) is 10.3. The van der Waals surface area contributed by atoms with Gasteiger partial charge in [-0.1, -0.05) is 6.07 Å². The standard InChI is InChI=1S/C11H7FN2O2/c12-9-3-1-2-7(5-13)11(9)14-6-8(15)4-10(14)16/h1-3H,4,6H2. The molecule has 5 heteroatoms. The number of halogens is 1. The summed E-state index contributed by atoms with van der Waals surface area (Å²) in [6, 6.07) is 5.76. The summed E-state index contributed by atoms with van der Waals surface area (Å²) in [4.78, 5) is 23.5. The van der Waals surface area contributed by atoms with Crippen LogP contribution in [0.5, 0.6) is 0 Å². The Kier molecular flexibility index (Phi) is 2.41. The highest BCUT2D eigenvalue weighted by Gasteiger charge is 2.31. The van der Waals surface area contributed by atoms with Crippen molar-refractivity contribution >= 4 is 17.4 Å². The molecule has 1 aromatic carbocycles. The molecule has 1 amide bonds. The zero-order valence-corrected chi connectivity index (χ0v) is 8.24. The summed E-state index contributed by atoms with van der Waals surface area (Å²) < 4.78 is 13.5. The highest BCUT2D eigenvalue weighted by Crippen LogP contribution is 2.26. The largest absolute Gasteiger partial charge is 0.301 e. The molecule has 2 rings (SSSR count). The van der Waals surface area contributed by atoms with Gasteiger partial charge in [0.25, 0.3) is 0 Å². The van der Waals surface area contributed by atoms with E-state index in [2.05, 4.69) is 0 Å². The second kappa shape index (κ2) is 3.74. The molecule has 16 heavy (non-hydrogen) atoms. The maximum atomic E-state index is 13.5. The van der Waals surface area contributed by atoms with Crippen LogP contribution in [0.15, 0.2) is 18.2 Å². The molecule has 0 unspecified atom stereocenters. The highest BCUT2D eigenvalue weighted by atomic mass is 19.1. The number of carbonyl (C=O) groups is 2. The van der Waals surface area contributed by atoms with Crippen LogP contribution in [0, 0.1) is 17.1 Å². The predicted octanol–water partition coefficient (Wildman–Crippen LogP) is 1.00. The van der Waals surface area contributed by atoms with Crippen LogP contribution < -0.4 is 4.90 Å². The van der Waals surface area contributed by atoms with Crippen LogP contribution in [0.1, 0.15) is 12.0 Å². The summed E-state index contributed by atoms with van der Waals surface area (Å²) in [5, 5.41) is 8.82. The Bertz CT molecular complexity index is 519. The number of hydrogen-bond donors (Lipinski definition) is 0. The average Bonchev–Trinajstić information content (AvgIpc) is 2.57. The fourth-order valence-corrected chi connectivity index (χ4v) is 1.67. The normalized spacial score (nSPS) is 15.4. The first-order chi connectivity index (χ1) is 7.63. The molecule has 0 atom stereocenters. The summed E-state index contributed by atoms with van der Waals surface area (Å²) in [5.74, 6) is -1.40. The third kappa shape index (κ3) is 1.54. The van der Waals surface area contributed by atoms with Crippen molar-refractivity contribution < 1.29 is 14.0 Å². The van der Waals surface area contributed by atoms with Crippen molar-refractivity contribution in [2.45, 2.75) is 6.42 Å². The summed E-state index contributed by atoms with van der Waals surface area (Å²) in [7, 11) is 0. The quantitative estimate of drug-likeness (QED) is 0.661. The van der Waals surface area contributed by atoms with Gasteiger partial charge in [-0.2, -0.15) is 5.26 Å². The summed E-state index contributed by atoms with van der Waals surface area (Å²) >= 11 is 0. The SMILES string of the molecule is N#Cc1cccc(F)c1N1CC(=O)CC1=O. The van der Waals surface area contributed by atoms with Crippen molar-refractivity contribution in [1.82, 2.24) is 0 Å². The minimum absolute atomic E-state index is 0.0584. The fraction of sp³-hybridized carbons (Fsp3) is 0.182. The molecule has 4 nitrogen and oxygen atoms in total. The zero-order valence-electron chi connectivity index (χ0n) is 8.24. The summed E-state index contributed by atoms with van der Waals surface area (Å²) in [6.07, 6.45) is -0.223. The van der Waals surface area contributed by atoms with Gasteiger partial charge >= 0.3 is 0 Å². The van der Waals surface area contributed by atoms with Crippen molar-refractivity contribution in [2.24, 2.45) is 0 Å².